The Hall–Kier alpha value is -1.33. The summed E-state index contributed by atoms with van der Waals surface area (Å²) in [4.78, 5) is 27.7. The zero-order chi connectivity index (χ0) is 17.3. The van der Waals surface area contributed by atoms with Crippen LogP contribution in [0.1, 0.15) is 43.0 Å². The topological polar surface area (TPSA) is 68.3 Å². The number of aromatic nitrogens is 1. The average Bonchev–Trinajstić information content (AvgIpc) is 3.14. The van der Waals surface area contributed by atoms with Crippen LogP contribution in [0.3, 0.4) is 0 Å². The van der Waals surface area contributed by atoms with Gasteiger partial charge < -0.3 is 10.1 Å². The van der Waals surface area contributed by atoms with Gasteiger partial charge >= 0.3 is 5.97 Å². The third-order valence-electron chi connectivity index (χ3n) is 5.16. The van der Waals surface area contributed by atoms with Gasteiger partial charge in [-0.25, -0.2) is 9.78 Å². The molecule has 1 N–H and O–H groups in total. The minimum Gasteiger partial charge on any atom is -0.452 e. The van der Waals surface area contributed by atoms with Crippen molar-refractivity contribution in [1.82, 2.24) is 10.3 Å². The van der Waals surface area contributed by atoms with E-state index < -0.39 is 5.97 Å². The highest BCUT2D eigenvalue weighted by Crippen LogP contribution is 2.49. The van der Waals surface area contributed by atoms with E-state index in [0.717, 1.165) is 11.8 Å². The summed E-state index contributed by atoms with van der Waals surface area (Å²) in [5.74, 6) is 1.17. The molecule has 1 aromatic heterocycles. The van der Waals surface area contributed by atoms with Crippen LogP contribution in [-0.2, 0) is 9.53 Å². The van der Waals surface area contributed by atoms with E-state index in [1.54, 1.807) is 0 Å². The van der Waals surface area contributed by atoms with Crippen molar-refractivity contribution in [2.45, 2.75) is 38.6 Å². The third-order valence-corrected chi connectivity index (χ3v) is 5.54. The van der Waals surface area contributed by atoms with Crippen LogP contribution in [0.4, 0.5) is 0 Å². The number of carbonyl (C=O) groups is 2. The molecule has 0 aliphatic heterocycles. The van der Waals surface area contributed by atoms with E-state index in [4.69, 9.17) is 27.9 Å². The van der Waals surface area contributed by atoms with Crippen molar-refractivity contribution in [1.29, 1.82) is 0 Å². The zero-order valence-corrected chi connectivity index (χ0v) is 14.9. The molecule has 0 radical (unpaired) electrons. The lowest BCUT2D eigenvalue weighted by Gasteiger charge is -2.28. The van der Waals surface area contributed by atoms with Gasteiger partial charge in [-0.2, -0.15) is 0 Å². The number of esters is 1. The first-order valence-corrected chi connectivity index (χ1v) is 8.97. The van der Waals surface area contributed by atoms with Gasteiger partial charge in [-0.05, 0) is 56.1 Å². The lowest BCUT2D eigenvalue weighted by molar-refractivity contribution is -0.125. The lowest BCUT2D eigenvalue weighted by Crippen LogP contribution is -2.42. The number of ether oxygens (including phenoxy) is 1. The van der Waals surface area contributed by atoms with Crippen molar-refractivity contribution < 1.29 is 14.3 Å². The number of nitrogens with one attached hydrogen (secondary N) is 1. The fourth-order valence-electron chi connectivity index (χ4n) is 4.11. The minimum atomic E-state index is -0.649. The molecule has 5 nitrogen and oxygen atoms in total. The summed E-state index contributed by atoms with van der Waals surface area (Å²) in [6.45, 7) is 1.72. The van der Waals surface area contributed by atoms with Gasteiger partial charge in [0.2, 0.25) is 0 Å². The molecule has 1 aromatic rings. The highest BCUT2D eigenvalue weighted by molar-refractivity contribution is 6.32. The molecule has 2 aliphatic carbocycles. The third kappa shape index (κ3) is 4.01. The van der Waals surface area contributed by atoms with Gasteiger partial charge in [0.1, 0.15) is 10.3 Å². The molecular weight excluding hydrogens is 351 g/mol. The molecular formula is C17H20Cl2N2O3. The standard InChI is InChI=1S/C17H20Cl2N2O3/c1-9(13-5-10-2-3-11(13)4-10)20-16(22)8-24-17(23)12-6-14(18)21-15(19)7-12/h6-7,9-11,13H,2-5,8H2,1H3,(H,20,22). The summed E-state index contributed by atoms with van der Waals surface area (Å²) in [5.41, 5.74) is 0.175. The van der Waals surface area contributed by atoms with Gasteiger partial charge in [-0.3, -0.25) is 4.79 Å². The van der Waals surface area contributed by atoms with E-state index >= 15 is 0 Å². The van der Waals surface area contributed by atoms with Crippen LogP contribution >= 0.6 is 23.2 Å². The maximum atomic E-state index is 12.0. The number of amides is 1. The van der Waals surface area contributed by atoms with Crippen LogP contribution in [0, 0.1) is 17.8 Å². The molecule has 3 rings (SSSR count). The summed E-state index contributed by atoms with van der Waals surface area (Å²) in [6, 6.07) is 2.81. The van der Waals surface area contributed by atoms with Crippen LogP contribution in [0.15, 0.2) is 12.1 Å². The Bertz CT molecular complexity index is 632. The maximum absolute atomic E-state index is 12.0. The molecule has 4 unspecified atom stereocenters. The number of hydrogen-bond acceptors (Lipinski definition) is 4. The second kappa shape index (κ2) is 7.28. The summed E-state index contributed by atoms with van der Waals surface area (Å²) >= 11 is 11.5. The van der Waals surface area contributed by atoms with E-state index in [2.05, 4.69) is 10.3 Å². The number of rotatable bonds is 5. The maximum Gasteiger partial charge on any atom is 0.338 e. The van der Waals surface area contributed by atoms with Crippen molar-refractivity contribution >= 4 is 35.1 Å². The Labute approximate surface area is 151 Å². The molecule has 2 fully saturated rings. The second-order valence-corrected chi connectivity index (χ2v) is 7.55. The Kier molecular flexibility index (Phi) is 5.30. The zero-order valence-electron chi connectivity index (χ0n) is 13.4. The number of nitrogens with zero attached hydrogens (tertiary/aromatic N) is 1. The van der Waals surface area contributed by atoms with Gasteiger partial charge in [0, 0.05) is 6.04 Å². The SMILES string of the molecule is CC(NC(=O)COC(=O)c1cc(Cl)nc(Cl)c1)C1CC2CCC1C2. The first kappa shape index (κ1) is 17.5. The molecule has 2 aliphatic rings. The van der Waals surface area contributed by atoms with E-state index in [1.165, 1.54) is 37.8 Å². The molecule has 130 valence electrons. The largest absolute Gasteiger partial charge is 0.452 e. The quantitative estimate of drug-likeness (QED) is 0.636. The van der Waals surface area contributed by atoms with Gasteiger partial charge in [-0.1, -0.05) is 29.6 Å². The monoisotopic (exact) mass is 370 g/mol. The van der Waals surface area contributed by atoms with E-state index in [-0.39, 0.29) is 34.4 Å². The molecule has 2 bridgehead atoms. The highest BCUT2D eigenvalue weighted by atomic mass is 35.5. The molecule has 7 heteroatoms. The first-order chi connectivity index (χ1) is 11.4. The molecule has 24 heavy (non-hydrogen) atoms. The summed E-state index contributed by atoms with van der Waals surface area (Å²) in [6.07, 6.45) is 5.09. The Morgan fingerprint density at radius 2 is 2.00 bits per heavy atom. The number of pyridine rings is 1. The predicted octanol–water partition coefficient (Wildman–Crippen LogP) is 3.49. The Morgan fingerprint density at radius 3 is 2.58 bits per heavy atom. The van der Waals surface area contributed by atoms with Crippen molar-refractivity contribution in [3.8, 4) is 0 Å². The Morgan fingerprint density at radius 1 is 1.29 bits per heavy atom. The van der Waals surface area contributed by atoms with Gasteiger partial charge in [-0.15, -0.1) is 0 Å². The smallest absolute Gasteiger partial charge is 0.338 e. The first-order valence-electron chi connectivity index (χ1n) is 8.22. The van der Waals surface area contributed by atoms with E-state index in [9.17, 15) is 9.59 Å². The molecule has 0 spiro atoms. The van der Waals surface area contributed by atoms with E-state index in [0.29, 0.717) is 5.92 Å². The van der Waals surface area contributed by atoms with Gasteiger partial charge in [0.15, 0.2) is 6.61 Å². The predicted molar refractivity (Wildman–Crippen MR) is 91.1 cm³/mol. The second-order valence-electron chi connectivity index (χ2n) is 6.77. The van der Waals surface area contributed by atoms with E-state index in [1.807, 2.05) is 6.92 Å². The summed E-state index contributed by atoms with van der Waals surface area (Å²) < 4.78 is 5.03. The number of fused-ring (bicyclic) bond motifs is 2. The number of carbonyl (C=O) groups excluding carboxylic acids is 2. The molecule has 1 amide bonds. The highest BCUT2D eigenvalue weighted by Gasteiger charge is 2.42. The minimum absolute atomic E-state index is 0.101. The fourth-order valence-corrected chi connectivity index (χ4v) is 4.57. The summed E-state index contributed by atoms with van der Waals surface area (Å²) in [5, 5.41) is 3.16. The molecule has 0 saturated heterocycles. The van der Waals surface area contributed by atoms with Crippen LogP contribution in [0.2, 0.25) is 10.3 Å². The fraction of sp³-hybridized carbons (Fsp3) is 0.588. The van der Waals surface area contributed by atoms with Gasteiger partial charge in [0.05, 0.1) is 5.56 Å². The molecule has 1 heterocycles. The van der Waals surface area contributed by atoms with Crippen LogP contribution < -0.4 is 5.32 Å². The summed E-state index contributed by atoms with van der Waals surface area (Å²) in [7, 11) is 0. The average molecular weight is 371 g/mol. The van der Waals surface area contributed by atoms with Crippen molar-refractivity contribution in [3.05, 3.63) is 28.0 Å². The number of halogens is 2. The van der Waals surface area contributed by atoms with Crippen molar-refractivity contribution in [2.24, 2.45) is 17.8 Å². The normalized spacial score (nSPS) is 26.2. The van der Waals surface area contributed by atoms with Crippen molar-refractivity contribution in [3.63, 3.8) is 0 Å². The van der Waals surface area contributed by atoms with Crippen molar-refractivity contribution in [2.75, 3.05) is 6.61 Å². The Balaban J connectivity index is 1.47. The molecule has 2 saturated carbocycles. The molecule has 0 aromatic carbocycles. The number of hydrogen-bond donors (Lipinski definition) is 1. The lowest BCUT2D eigenvalue weighted by atomic mass is 9.84. The van der Waals surface area contributed by atoms with Crippen LogP contribution in [0.25, 0.3) is 0 Å². The van der Waals surface area contributed by atoms with Gasteiger partial charge in [0.25, 0.3) is 5.91 Å². The molecule has 4 atom stereocenters. The van der Waals surface area contributed by atoms with Crippen LogP contribution in [0.5, 0.6) is 0 Å². The van der Waals surface area contributed by atoms with Crippen LogP contribution in [-0.4, -0.2) is 29.5 Å².